The zero-order chi connectivity index (χ0) is 15.8. The molecule has 2 amide bonds. The van der Waals surface area contributed by atoms with Crippen molar-refractivity contribution in [3.63, 3.8) is 0 Å². The molecule has 0 saturated heterocycles. The van der Waals surface area contributed by atoms with Crippen LogP contribution >= 0.6 is 11.8 Å². The van der Waals surface area contributed by atoms with E-state index in [2.05, 4.69) is 10.6 Å². The van der Waals surface area contributed by atoms with Gasteiger partial charge in [-0.1, -0.05) is 0 Å². The molecule has 3 N–H and O–H groups in total. The van der Waals surface area contributed by atoms with E-state index in [1.165, 1.54) is 11.8 Å². The van der Waals surface area contributed by atoms with E-state index in [9.17, 15) is 18.4 Å². The Bertz CT molecular complexity index is 514. The number of halogens is 2. The fraction of sp³-hybridized carbons (Fsp3) is 0.385. The molecule has 0 aromatic heterocycles. The first kappa shape index (κ1) is 17.2. The van der Waals surface area contributed by atoms with Crippen LogP contribution < -0.4 is 10.6 Å². The summed E-state index contributed by atoms with van der Waals surface area (Å²) in [5, 5.41) is 13.5. The minimum atomic E-state index is -1.14. The maximum Gasteiger partial charge on any atom is 0.326 e. The topological polar surface area (TPSA) is 78.4 Å². The molecular formula is C13H16F2N2O3S. The van der Waals surface area contributed by atoms with Crippen molar-refractivity contribution in [2.75, 3.05) is 12.0 Å². The summed E-state index contributed by atoms with van der Waals surface area (Å²) in [5.41, 5.74) is -0.0128. The Morgan fingerprint density at radius 1 is 1.38 bits per heavy atom. The van der Waals surface area contributed by atoms with E-state index in [1.807, 2.05) is 6.26 Å². The molecule has 0 spiro atoms. The lowest BCUT2D eigenvalue weighted by Gasteiger charge is -2.14. The fourth-order valence-corrected chi connectivity index (χ4v) is 2.03. The van der Waals surface area contributed by atoms with Gasteiger partial charge in [-0.25, -0.2) is 18.4 Å². The number of carbonyl (C=O) groups is 2. The van der Waals surface area contributed by atoms with E-state index >= 15 is 0 Å². The molecule has 0 unspecified atom stereocenters. The number of amides is 2. The molecule has 0 aliphatic rings. The van der Waals surface area contributed by atoms with Gasteiger partial charge in [0.1, 0.15) is 17.7 Å². The number of hydrogen-bond donors (Lipinski definition) is 3. The average molecular weight is 318 g/mol. The Balaban J connectivity index is 2.52. The lowest BCUT2D eigenvalue weighted by atomic mass is 10.2. The number of hydrogen-bond acceptors (Lipinski definition) is 3. The third-order valence-corrected chi connectivity index (χ3v) is 3.31. The zero-order valence-electron chi connectivity index (χ0n) is 11.4. The first-order valence-corrected chi connectivity index (χ1v) is 7.53. The van der Waals surface area contributed by atoms with Gasteiger partial charge >= 0.3 is 12.0 Å². The maximum atomic E-state index is 13.3. The number of rotatable bonds is 7. The lowest BCUT2D eigenvalue weighted by Crippen LogP contribution is -2.46. The van der Waals surface area contributed by atoms with Gasteiger partial charge in [-0.2, -0.15) is 11.8 Å². The van der Waals surface area contributed by atoms with Crippen molar-refractivity contribution >= 4 is 23.8 Å². The second-order valence-electron chi connectivity index (χ2n) is 4.24. The number of benzene rings is 1. The van der Waals surface area contributed by atoms with Gasteiger partial charge < -0.3 is 15.7 Å². The Hall–Kier alpha value is -1.83. The van der Waals surface area contributed by atoms with Gasteiger partial charge in [0.2, 0.25) is 0 Å². The van der Waals surface area contributed by atoms with E-state index in [0.29, 0.717) is 5.75 Å². The first-order chi connectivity index (χ1) is 9.93. The number of aliphatic carboxylic acids is 1. The smallest absolute Gasteiger partial charge is 0.326 e. The average Bonchev–Trinajstić information content (AvgIpc) is 2.44. The molecule has 0 saturated carbocycles. The van der Waals surface area contributed by atoms with Crippen LogP contribution in [0.5, 0.6) is 0 Å². The molecule has 0 heterocycles. The first-order valence-electron chi connectivity index (χ1n) is 6.14. The third-order valence-electron chi connectivity index (χ3n) is 2.66. The van der Waals surface area contributed by atoms with Gasteiger partial charge in [0, 0.05) is 12.1 Å². The van der Waals surface area contributed by atoms with Gasteiger partial charge in [-0.3, -0.25) is 0 Å². The number of carboxylic acid groups (broad SMARTS) is 1. The van der Waals surface area contributed by atoms with Crippen LogP contribution in [-0.2, 0) is 11.3 Å². The summed E-state index contributed by atoms with van der Waals surface area (Å²) >= 11 is 1.46. The molecule has 0 radical (unpaired) electrons. The van der Waals surface area contributed by atoms with Crippen LogP contribution in [0.2, 0.25) is 0 Å². The number of urea groups is 1. The van der Waals surface area contributed by atoms with Crippen molar-refractivity contribution in [3.8, 4) is 0 Å². The second-order valence-corrected chi connectivity index (χ2v) is 5.22. The molecule has 0 aliphatic carbocycles. The van der Waals surface area contributed by atoms with Crippen molar-refractivity contribution < 1.29 is 23.5 Å². The molecule has 0 bridgehead atoms. The van der Waals surface area contributed by atoms with E-state index < -0.39 is 29.7 Å². The quantitative estimate of drug-likeness (QED) is 0.718. The zero-order valence-corrected chi connectivity index (χ0v) is 12.2. The molecule has 1 rings (SSSR count). The van der Waals surface area contributed by atoms with Gasteiger partial charge in [-0.15, -0.1) is 0 Å². The van der Waals surface area contributed by atoms with Crippen LogP contribution in [0.4, 0.5) is 13.6 Å². The van der Waals surface area contributed by atoms with Crippen molar-refractivity contribution in [2.24, 2.45) is 0 Å². The number of carboxylic acids is 1. The molecule has 0 aliphatic heterocycles. The van der Waals surface area contributed by atoms with Crippen LogP contribution in [0.25, 0.3) is 0 Å². The monoisotopic (exact) mass is 318 g/mol. The van der Waals surface area contributed by atoms with E-state index in [1.54, 1.807) is 0 Å². The van der Waals surface area contributed by atoms with Crippen LogP contribution in [0.3, 0.4) is 0 Å². The Morgan fingerprint density at radius 2 is 2.10 bits per heavy atom. The molecular weight excluding hydrogens is 302 g/mol. The van der Waals surface area contributed by atoms with E-state index in [0.717, 1.165) is 18.2 Å². The molecule has 1 aromatic carbocycles. The van der Waals surface area contributed by atoms with Crippen molar-refractivity contribution in [3.05, 3.63) is 35.4 Å². The molecule has 0 fully saturated rings. The van der Waals surface area contributed by atoms with Crippen LogP contribution in [-0.4, -0.2) is 35.2 Å². The predicted octanol–water partition coefficient (Wildman–Crippen LogP) is 1.97. The van der Waals surface area contributed by atoms with Crippen molar-refractivity contribution in [1.82, 2.24) is 10.6 Å². The summed E-state index contributed by atoms with van der Waals surface area (Å²) in [4.78, 5) is 22.5. The summed E-state index contributed by atoms with van der Waals surface area (Å²) in [6.45, 7) is -0.232. The standard InChI is InChI=1S/C13H16F2N2O3S/c1-21-5-4-11(12(18)19)17-13(20)16-7-8-6-9(14)2-3-10(8)15/h2-3,6,11H,4-5,7H2,1H3,(H,18,19)(H2,16,17,20)/t11-/m1/s1. The van der Waals surface area contributed by atoms with Gasteiger partial charge in [0.15, 0.2) is 0 Å². The van der Waals surface area contributed by atoms with Crippen LogP contribution in [0, 0.1) is 11.6 Å². The van der Waals surface area contributed by atoms with E-state index in [4.69, 9.17) is 5.11 Å². The largest absolute Gasteiger partial charge is 0.480 e. The Kier molecular flexibility index (Phi) is 6.93. The highest BCUT2D eigenvalue weighted by molar-refractivity contribution is 7.98. The molecule has 1 aromatic rings. The minimum absolute atomic E-state index is 0.0128. The Morgan fingerprint density at radius 3 is 2.71 bits per heavy atom. The van der Waals surface area contributed by atoms with Crippen molar-refractivity contribution in [2.45, 2.75) is 19.0 Å². The SMILES string of the molecule is CSCC[C@@H](NC(=O)NCc1cc(F)ccc1F)C(=O)O. The highest BCUT2D eigenvalue weighted by atomic mass is 32.2. The van der Waals surface area contributed by atoms with Gasteiger partial charge in [-0.05, 0) is 36.6 Å². The molecule has 1 atom stereocenters. The fourth-order valence-electron chi connectivity index (χ4n) is 1.56. The molecule has 21 heavy (non-hydrogen) atoms. The van der Waals surface area contributed by atoms with Crippen LogP contribution in [0.15, 0.2) is 18.2 Å². The number of thioether (sulfide) groups is 1. The summed E-state index contributed by atoms with van der Waals surface area (Å²) in [6, 6.07) is 1.14. The van der Waals surface area contributed by atoms with Gasteiger partial charge in [0.05, 0.1) is 0 Å². The summed E-state index contributed by atoms with van der Waals surface area (Å²) in [7, 11) is 0. The predicted molar refractivity (Wildman–Crippen MR) is 76.2 cm³/mol. The highest BCUT2D eigenvalue weighted by Crippen LogP contribution is 2.09. The molecule has 116 valence electrons. The normalized spacial score (nSPS) is 11.8. The maximum absolute atomic E-state index is 13.3. The highest BCUT2D eigenvalue weighted by Gasteiger charge is 2.19. The lowest BCUT2D eigenvalue weighted by molar-refractivity contribution is -0.139. The van der Waals surface area contributed by atoms with Crippen molar-refractivity contribution in [1.29, 1.82) is 0 Å². The number of carbonyl (C=O) groups excluding carboxylic acids is 1. The van der Waals surface area contributed by atoms with E-state index in [-0.39, 0.29) is 18.5 Å². The molecule has 5 nitrogen and oxygen atoms in total. The third kappa shape index (κ3) is 5.99. The summed E-state index contributed by atoms with van der Waals surface area (Å²) < 4.78 is 26.3. The molecule has 8 heteroatoms. The van der Waals surface area contributed by atoms with Crippen LogP contribution in [0.1, 0.15) is 12.0 Å². The number of nitrogens with one attached hydrogen (secondary N) is 2. The summed E-state index contributed by atoms with van der Waals surface area (Å²) in [5.74, 6) is -1.82. The van der Waals surface area contributed by atoms with Gasteiger partial charge in [0.25, 0.3) is 0 Å². The second kappa shape index (κ2) is 8.46. The summed E-state index contributed by atoms with van der Waals surface area (Å²) in [6.07, 6.45) is 2.10. The Labute approximate surface area is 125 Å². The minimum Gasteiger partial charge on any atom is -0.480 e.